The summed E-state index contributed by atoms with van der Waals surface area (Å²) in [5, 5.41) is 7.61. The van der Waals surface area contributed by atoms with Crippen LogP contribution in [0.5, 0.6) is 0 Å². The van der Waals surface area contributed by atoms with Crippen molar-refractivity contribution in [2.45, 2.75) is 13.1 Å². The second kappa shape index (κ2) is 8.76. The highest BCUT2D eigenvalue weighted by Gasteiger charge is 2.22. The van der Waals surface area contributed by atoms with Gasteiger partial charge in [-0.25, -0.2) is 9.67 Å². The van der Waals surface area contributed by atoms with Gasteiger partial charge in [0.2, 0.25) is 5.95 Å². The SMILES string of the molecule is O=C(Cn1ncc2nc(N3CCNCC3)n(Cc3ccccc3)c2c1=O)c1ccccc1. The zero-order valence-electron chi connectivity index (χ0n) is 17.6. The molecule has 0 saturated carbocycles. The Morgan fingerprint density at radius 3 is 2.38 bits per heavy atom. The Morgan fingerprint density at radius 2 is 1.66 bits per heavy atom. The first-order valence-corrected chi connectivity index (χ1v) is 10.7. The van der Waals surface area contributed by atoms with E-state index in [1.54, 1.807) is 30.5 Å². The molecule has 8 heteroatoms. The van der Waals surface area contributed by atoms with Crippen LogP contribution in [-0.4, -0.2) is 51.3 Å². The van der Waals surface area contributed by atoms with Crippen LogP contribution in [0.4, 0.5) is 5.95 Å². The van der Waals surface area contributed by atoms with Gasteiger partial charge in [-0.05, 0) is 5.56 Å². The number of nitrogens with one attached hydrogen (secondary N) is 1. The van der Waals surface area contributed by atoms with E-state index >= 15 is 0 Å². The number of anilines is 1. The number of nitrogens with zero attached hydrogens (tertiary/aromatic N) is 5. The van der Waals surface area contributed by atoms with Gasteiger partial charge in [-0.15, -0.1) is 0 Å². The fourth-order valence-corrected chi connectivity index (χ4v) is 4.06. The van der Waals surface area contributed by atoms with E-state index in [9.17, 15) is 9.59 Å². The Balaban J connectivity index is 1.59. The molecule has 3 heterocycles. The highest BCUT2D eigenvalue weighted by Crippen LogP contribution is 2.22. The molecule has 32 heavy (non-hydrogen) atoms. The summed E-state index contributed by atoms with van der Waals surface area (Å²) in [7, 11) is 0. The van der Waals surface area contributed by atoms with Crippen molar-refractivity contribution in [1.82, 2.24) is 24.6 Å². The number of carbonyl (C=O) groups excluding carboxylic acids is 1. The topological polar surface area (TPSA) is 85.1 Å². The molecular formula is C24H24N6O2. The molecule has 2 aromatic heterocycles. The molecule has 1 aliphatic heterocycles. The fourth-order valence-electron chi connectivity index (χ4n) is 4.06. The second-order valence-corrected chi connectivity index (χ2v) is 7.85. The van der Waals surface area contributed by atoms with Crippen LogP contribution in [0, 0.1) is 0 Å². The molecule has 1 fully saturated rings. The van der Waals surface area contributed by atoms with E-state index in [2.05, 4.69) is 15.3 Å². The molecule has 4 aromatic rings. The van der Waals surface area contributed by atoms with Crippen molar-refractivity contribution in [3.63, 3.8) is 0 Å². The maximum absolute atomic E-state index is 13.5. The molecule has 8 nitrogen and oxygen atoms in total. The molecule has 162 valence electrons. The minimum absolute atomic E-state index is 0.113. The molecule has 0 amide bonds. The number of ketones is 1. The Bertz CT molecular complexity index is 1290. The number of hydrogen-bond donors (Lipinski definition) is 1. The van der Waals surface area contributed by atoms with Crippen LogP contribution < -0.4 is 15.8 Å². The smallest absolute Gasteiger partial charge is 0.293 e. The van der Waals surface area contributed by atoms with Crippen LogP contribution in [0.1, 0.15) is 15.9 Å². The van der Waals surface area contributed by atoms with Gasteiger partial charge in [0, 0.05) is 31.7 Å². The molecule has 5 rings (SSSR count). The highest BCUT2D eigenvalue weighted by atomic mass is 16.1. The number of imidazole rings is 1. The monoisotopic (exact) mass is 428 g/mol. The zero-order valence-corrected chi connectivity index (χ0v) is 17.6. The van der Waals surface area contributed by atoms with Gasteiger partial charge >= 0.3 is 0 Å². The Morgan fingerprint density at radius 1 is 0.969 bits per heavy atom. The van der Waals surface area contributed by atoms with E-state index < -0.39 is 0 Å². The van der Waals surface area contributed by atoms with Crippen LogP contribution in [0.2, 0.25) is 0 Å². The summed E-state index contributed by atoms with van der Waals surface area (Å²) in [5.74, 6) is 0.604. The zero-order chi connectivity index (χ0) is 21.9. The average molecular weight is 428 g/mol. The maximum Gasteiger partial charge on any atom is 0.293 e. The molecule has 1 saturated heterocycles. The molecule has 0 radical (unpaired) electrons. The summed E-state index contributed by atoms with van der Waals surface area (Å²) in [6.45, 7) is 3.75. The van der Waals surface area contributed by atoms with Crippen molar-refractivity contribution < 1.29 is 4.79 Å². The number of hydrogen-bond acceptors (Lipinski definition) is 6. The first-order chi connectivity index (χ1) is 15.7. The minimum Gasteiger partial charge on any atom is -0.340 e. The van der Waals surface area contributed by atoms with Crippen molar-refractivity contribution in [3.8, 4) is 0 Å². The van der Waals surface area contributed by atoms with Crippen LogP contribution in [0.25, 0.3) is 11.0 Å². The molecule has 0 bridgehead atoms. The number of Topliss-reactive ketones (excluding diaryl/α,β-unsaturated/α-hetero) is 1. The number of carbonyl (C=O) groups is 1. The predicted molar refractivity (Wildman–Crippen MR) is 123 cm³/mol. The Labute approximate surface area is 185 Å². The summed E-state index contributed by atoms with van der Waals surface area (Å²) >= 11 is 0. The van der Waals surface area contributed by atoms with E-state index in [-0.39, 0.29) is 17.9 Å². The number of rotatable bonds is 6. The molecule has 0 unspecified atom stereocenters. The van der Waals surface area contributed by atoms with Crippen molar-refractivity contribution >= 4 is 22.8 Å². The average Bonchev–Trinajstić information content (AvgIpc) is 3.21. The first kappa shape index (κ1) is 20.1. The standard InChI is InChI=1S/C24H24N6O2/c31-21(19-9-5-2-6-10-19)17-30-23(32)22-20(15-26-30)27-24(28-13-11-25-12-14-28)29(22)16-18-7-3-1-4-8-18/h1-10,15,25H,11-14,16-17H2. The normalized spacial score (nSPS) is 14.1. The van der Waals surface area contributed by atoms with Crippen molar-refractivity contribution in [1.29, 1.82) is 0 Å². The van der Waals surface area contributed by atoms with Gasteiger partial charge in [-0.3, -0.25) is 9.59 Å². The van der Waals surface area contributed by atoms with E-state index in [0.29, 0.717) is 23.1 Å². The number of fused-ring (bicyclic) bond motifs is 1. The lowest BCUT2D eigenvalue weighted by Gasteiger charge is -2.28. The van der Waals surface area contributed by atoms with E-state index in [1.165, 1.54) is 4.68 Å². The van der Waals surface area contributed by atoms with E-state index in [0.717, 1.165) is 37.7 Å². The quantitative estimate of drug-likeness (QED) is 0.473. The van der Waals surface area contributed by atoms with Crippen LogP contribution in [0.3, 0.4) is 0 Å². The summed E-state index contributed by atoms with van der Waals surface area (Å²) in [4.78, 5) is 33.1. The third-order valence-corrected chi connectivity index (χ3v) is 5.70. The minimum atomic E-state index is -0.309. The van der Waals surface area contributed by atoms with Crippen molar-refractivity contribution in [2.75, 3.05) is 31.1 Å². The van der Waals surface area contributed by atoms with Crippen LogP contribution in [0.15, 0.2) is 71.7 Å². The number of aromatic nitrogens is 4. The summed E-state index contributed by atoms with van der Waals surface area (Å²) in [5.41, 5.74) is 2.34. The summed E-state index contributed by atoms with van der Waals surface area (Å²) in [6.07, 6.45) is 1.59. The lowest BCUT2D eigenvalue weighted by atomic mass is 10.1. The highest BCUT2D eigenvalue weighted by molar-refractivity contribution is 5.95. The third-order valence-electron chi connectivity index (χ3n) is 5.70. The molecule has 1 aliphatic rings. The number of piperazine rings is 1. The third kappa shape index (κ3) is 3.92. The second-order valence-electron chi connectivity index (χ2n) is 7.85. The van der Waals surface area contributed by atoms with Crippen LogP contribution in [-0.2, 0) is 13.1 Å². The number of benzene rings is 2. The molecular weight excluding hydrogens is 404 g/mol. The van der Waals surface area contributed by atoms with Crippen LogP contribution >= 0.6 is 0 Å². The van der Waals surface area contributed by atoms with E-state index in [4.69, 9.17) is 4.98 Å². The van der Waals surface area contributed by atoms with Gasteiger partial charge in [0.25, 0.3) is 5.56 Å². The van der Waals surface area contributed by atoms with Gasteiger partial charge in [0.05, 0.1) is 12.7 Å². The largest absolute Gasteiger partial charge is 0.340 e. The van der Waals surface area contributed by atoms with Gasteiger partial charge < -0.3 is 14.8 Å². The Hall–Kier alpha value is -3.78. The molecule has 0 spiro atoms. The van der Waals surface area contributed by atoms with Crippen molar-refractivity contribution in [2.24, 2.45) is 0 Å². The molecule has 2 aromatic carbocycles. The predicted octanol–water partition coefficient (Wildman–Crippen LogP) is 1.93. The van der Waals surface area contributed by atoms with E-state index in [1.807, 2.05) is 41.0 Å². The fraction of sp³-hybridized carbons (Fsp3) is 0.250. The van der Waals surface area contributed by atoms with Gasteiger partial charge in [-0.2, -0.15) is 5.10 Å². The Kier molecular flexibility index (Phi) is 5.51. The van der Waals surface area contributed by atoms with Gasteiger partial charge in [0.1, 0.15) is 17.6 Å². The summed E-state index contributed by atoms with van der Waals surface area (Å²) < 4.78 is 3.20. The molecule has 0 atom stereocenters. The van der Waals surface area contributed by atoms with Gasteiger partial charge in [-0.1, -0.05) is 60.7 Å². The molecule has 0 aliphatic carbocycles. The first-order valence-electron chi connectivity index (χ1n) is 10.7. The van der Waals surface area contributed by atoms with Gasteiger partial charge in [0.15, 0.2) is 5.78 Å². The summed E-state index contributed by atoms with van der Waals surface area (Å²) in [6, 6.07) is 19.0. The lowest BCUT2D eigenvalue weighted by Crippen LogP contribution is -2.44. The maximum atomic E-state index is 13.5. The van der Waals surface area contributed by atoms with Crippen molar-refractivity contribution in [3.05, 3.63) is 88.3 Å². The molecule has 1 N–H and O–H groups in total. The lowest BCUT2D eigenvalue weighted by molar-refractivity contribution is 0.0966.